The lowest BCUT2D eigenvalue weighted by atomic mass is 10.0. The SMILES string of the molecule is COc1ccc(NC(=O)C2CNCN2)cc1S(=O)(=O)Nc1ccc(C2(C(F)(F)F)N=N2)cc1. The summed E-state index contributed by atoms with van der Waals surface area (Å²) >= 11 is 0. The van der Waals surface area contributed by atoms with Crippen molar-refractivity contribution in [3.05, 3.63) is 48.0 Å². The van der Waals surface area contributed by atoms with Crippen molar-refractivity contribution in [2.75, 3.05) is 30.4 Å². The number of alkyl halides is 3. The molecule has 2 aliphatic rings. The number of rotatable bonds is 7. The Balaban J connectivity index is 1.54. The van der Waals surface area contributed by atoms with Crippen LogP contribution in [0, 0.1) is 0 Å². The van der Waals surface area contributed by atoms with Crippen LogP contribution >= 0.6 is 0 Å². The molecule has 0 saturated carbocycles. The molecule has 14 heteroatoms. The average molecular weight is 484 g/mol. The predicted octanol–water partition coefficient (Wildman–Crippen LogP) is 2.13. The number of benzene rings is 2. The van der Waals surface area contributed by atoms with Gasteiger partial charge in [-0.05, 0) is 30.3 Å². The molecule has 10 nitrogen and oxygen atoms in total. The van der Waals surface area contributed by atoms with Gasteiger partial charge in [-0.25, -0.2) is 8.42 Å². The van der Waals surface area contributed by atoms with Crippen molar-refractivity contribution < 1.29 is 31.1 Å². The van der Waals surface area contributed by atoms with Crippen molar-refractivity contribution in [1.29, 1.82) is 0 Å². The zero-order chi connectivity index (χ0) is 23.9. The van der Waals surface area contributed by atoms with Gasteiger partial charge in [0, 0.05) is 30.2 Å². The Bertz CT molecular complexity index is 1190. The largest absolute Gasteiger partial charge is 0.495 e. The second kappa shape index (κ2) is 8.28. The average Bonchev–Trinajstić information content (AvgIpc) is 3.41. The molecule has 1 fully saturated rings. The monoisotopic (exact) mass is 484 g/mol. The van der Waals surface area contributed by atoms with E-state index in [1.54, 1.807) is 0 Å². The van der Waals surface area contributed by atoms with Crippen molar-refractivity contribution >= 4 is 27.3 Å². The van der Waals surface area contributed by atoms with Gasteiger partial charge in [0.2, 0.25) is 5.91 Å². The summed E-state index contributed by atoms with van der Waals surface area (Å²) in [5.74, 6) is -0.323. The van der Waals surface area contributed by atoms with E-state index in [2.05, 4.69) is 30.9 Å². The fourth-order valence-electron chi connectivity index (χ4n) is 3.29. The second-order valence-corrected chi connectivity index (χ2v) is 8.95. The number of methoxy groups -OCH3 is 1. The van der Waals surface area contributed by atoms with Gasteiger partial charge < -0.3 is 15.4 Å². The predicted molar refractivity (Wildman–Crippen MR) is 111 cm³/mol. The number of sulfonamides is 1. The lowest BCUT2D eigenvalue weighted by molar-refractivity contribution is -0.166. The Morgan fingerprint density at radius 2 is 1.82 bits per heavy atom. The molecular formula is C19H19F3N6O4S. The van der Waals surface area contributed by atoms with Crippen LogP contribution in [0.3, 0.4) is 0 Å². The number of anilines is 2. The maximum atomic E-state index is 13.1. The minimum absolute atomic E-state index is 0.0179. The summed E-state index contributed by atoms with van der Waals surface area (Å²) in [5.41, 5.74) is -2.57. The molecule has 0 spiro atoms. The number of nitrogens with zero attached hydrogens (tertiary/aromatic N) is 2. The highest BCUT2D eigenvalue weighted by Crippen LogP contribution is 2.52. The van der Waals surface area contributed by atoms with E-state index in [1.165, 1.54) is 37.4 Å². The van der Waals surface area contributed by atoms with Gasteiger partial charge in [-0.3, -0.25) is 14.8 Å². The third-order valence-electron chi connectivity index (χ3n) is 5.09. The van der Waals surface area contributed by atoms with E-state index in [-0.39, 0.29) is 33.5 Å². The van der Waals surface area contributed by atoms with Crippen LogP contribution in [-0.4, -0.2) is 46.9 Å². The third kappa shape index (κ3) is 4.49. The Morgan fingerprint density at radius 1 is 1.15 bits per heavy atom. The van der Waals surface area contributed by atoms with E-state index in [1.807, 2.05) is 0 Å². The topological polar surface area (TPSA) is 133 Å². The fraction of sp³-hybridized carbons (Fsp3) is 0.316. The molecule has 2 aromatic rings. The molecule has 4 N–H and O–H groups in total. The Labute approximate surface area is 186 Å². The molecule has 2 aromatic carbocycles. The summed E-state index contributed by atoms with van der Waals surface area (Å²) in [6, 6.07) is 8.21. The molecule has 0 aromatic heterocycles. The normalized spacial score (nSPS) is 19.2. The van der Waals surface area contributed by atoms with E-state index in [4.69, 9.17) is 4.74 Å². The van der Waals surface area contributed by atoms with E-state index >= 15 is 0 Å². The lowest BCUT2D eigenvalue weighted by Gasteiger charge is -2.16. The molecule has 4 rings (SSSR count). The highest BCUT2D eigenvalue weighted by Gasteiger charge is 2.65. The number of carbonyl (C=O) groups is 1. The molecular weight excluding hydrogens is 465 g/mol. The maximum Gasteiger partial charge on any atom is 0.442 e. The molecule has 1 atom stereocenters. The van der Waals surface area contributed by atoms with E-state index < -0.39 is 27.9 Å². The first kappa shape index (κ1) is 22.9. The molecule has 1 saturated heterocycles. The minimum atomic E-state index is -4.68. The Morgan fingerprint density at radius 3 is 2.36 bits per heavy atom. The number of amides is 1. The molecule has 2 heterocycles. The summed E-state index contributed by atoms with van der Waals surface area (Å²) in [4.78, 5) is 12.0. The highest BCUT2D eigenvalue weighted by molar-refractivity contribution is 7.92. The maximum absolute atomic E-state index is 13.1. The van der Waals surface area contributed by atoms with E-state index in [0.717, 1.165) is 12.1 Å². The van der Waals surface area contributed by atoms with Gasteiger partial charge >= 0.3 is 11.8 Å². The molecule has 176 valence electrons. The van der Waals surface area contributed by atoms with Crippen molar-refractivity contribution in [2.24, 2.45) is 10.2 Å². The van der Waals surface area contributed by atoms with E-state index in [9.17, 15) is 26.4 Å². The number of hydrogen-bond acceptors (Lipinski definition) is 8. The molecule has 0 radical (unpaired) electrons. The van der Waals surface area contributed by atoms with Crippen LogP contribution in [0.1, 0.15) is 5.56 Å². The number of halogens is 3. The molecule has 0 aliphatic carbocycles. The molecule has 1 unspecified atom stereocenters. The lowest BCUT2D eigenvalue weighted by Crippen LogP contribution is -2.37. The number of carbonyl (C=O) groups excluding carboxylic acids is 1. The summed E-state index contributed by atoms with van der Waals surface area (Å²) < 4.78 is 72.8. The molecule has 33 heavy (non-hydrogen) atoms. The van der Waals surface area contributed by atoms with Gasteiger partial charge in [-0.15, -0.1) is 10.2 Å². The van der Waals surface area contributed by atoms with Crippen LogP contribution < -0.4 is 25.4 Å². The smallest absolute Gasteiger partial charge is 0.442 e. The molecule has 0 bridgehead atoms. The number of nitrogens with one attached hydrogen (secondary N) is 4. The van der Waals surface area contributed by atoms with Gasteiger partial charge in [0.1, 0.15) is 16.7 Å². The highest BCUT2D eigenvalue weighted by atomic mass is 32.2. The zero-order valence-corrected chi connectivity index (χ0v) is 17.9. The Kier molecular flexibility index (Phi) is 5.76. The van der Waals surface area contributed by atoms with Crippen LogP contribution in [0.4, 0.5) is 24.5 Å². The zero-order valence-electron chi connectivity index (χ0n) is 17.1. The van der Waals surface area contributed by atoms with Gasteiger partial charge in [0.15, 0.2) is 0 Å². The summed E-state index contributed by atoms with van der Waals surface area (Å²) in [6.45, 7) is 0.913. The third-order valence-corrected chi connectivity index (χ3v) is 6.50. The first-order chi connectivity index (χ1) is 15.6. The second-order valence-electron chi connectivity index (χ2n) is 7.30. The van der Waals surface area contributed by atoms with Crippen molar-refractivity contribution in [3.8, 4) is 5.75 Å². The van der Waals surface area contributed by atoms with Crippen LogP contribution in [0.2, 0.25) is 0 Å². The number of hydrogen-bond donors (Lipinski definition) is 4. The standard InChI is InChI=1S/C19H19F3N6O4S/c1-32-15-7-6-13(25-17(29)14-9-23-10-24-14)8-16(15)33(30,31)26-12-4-2-11(3-5-12)18(27-28-18)19(20,21)22/h2-8,14,23-24,26H,9-10H2,1H3,(H,25,29). The van der Waals surface area contributed by atoms with Crippen LogP contribution in [0.5, 0.6) is 5.75 Å². The van der Waals surface area contributed by atoms with Crippen molar-refractivity contribution in [3.63, 3.8) is 0 Å². The fourth-order valence-corrected chi connectivity index (χ4v) is 4.54. The van der Waals surface area contributed by atoms with Crippen LogP contribution in [0.25, 0.3) is 0 Å². The van der Waals surface area contributed by atoms with Crippen LogP contribution in [-0.2, 0) is 20.5 Å². The van der Waals surface area contributed by atoms with E-state index in [0.29, 0.717) is 13.2 Å². The summed E-state index contributed by atoms with van der Waals surface area (Å²) in [7, 11) is -2.93. The number of ether oxygens (including phenoxy) is 1. The van der Waals surface area contributed by atoms with Gasteiger partial charge in [0.25, 0.3) is 10.0 Å². The first-order valence-electron chi connectivity index (χ1n) is 9.63. The molecule has 1 amide bonds. The minimum Gasteiger partial charge on any atom is -0.495 e. The Hall–Kier alpha value is -3.23. The van der Waals surface area contributed by atoms with Crippen LogP contribution in [0.15, 0.2) is 57.6 Å². The van der Waals surface area contributed by atoms with Crippen molar-refractivity contribution in [1.82, 2.24) is 10.6 Å². The van der Waals surface area contributed by atoms with Crippen molar-refractivity contribution in [2.45, 2.75) is 22.8 Å². The summed E-state index contributed by atoms with van der Waals surface area (Å²) in [5, 5.41) is 14.8. The van der Waals surface area contributed by atoms with Gasteiger partial charge in [-0.2, -0.15) is 13.2 Å². The first-order valence-corrected chi connectivity index (χ1v) is 11.1. The van der Waals surface area contributed by atoms with Gasteiger partial charge in [-0.1, -0.05) is 12.1 Å². The quantitative estimate of drug-likeness (QED) is 0.476. The summed E-state index contributed by atoms with van der Waals surface area (Å²) in [6.07, 6.45) is -4.68. The van der Waals surface area contributed by atoms with Gasteiger partial charge in [0.05, 0.1) is 7.11 Å². The molecule has 2 aliphatic heterocycles.